The number of anilines is 2. The Labute approximate surface area is 89.5 Å². The molecule has 0 bridgehead atoms. The molecule has 0 saturated heterocycles. The van der Waals surface area contributed by atoms with E-state index in [1.165, 1.54) is 32.1 Å². The van der Waals surface area contributed by atoms with Gasteiger partial charge < -0.3 is 5.32 Å². The molecule has 1 heterocycles. The molecule has 1 saturated carbocycles. The lowest BCUT2D eigenvalue weighted by atomic mass is 9.95. The Hall–Kier alpha value is -1.36. The molecule has 0 amide bonds. The summed E-state index contributed by atoms with van der Waals surface area (Å²) in [6.45, 7) is 0. The van der Waals surface area contributed by atoms with Crippen LogP contribution in [0.4, 0.5) is 11.8 Å². The molecule has 0 aliphatic heterocycles. The fourth-order valence-corrected chi connectivity index (χ4v) is 1.96. The average Bonchev–Trinajstić information content (AvgIpc) is 2.31. The predicted octanol–water partition coefficient (Wildman–Crippen LogP) is 1.51. The van der Waals surface area contributed by atoms with E-state index < -0.39 is 0 Å². The number of rotatable bonds is 3. The first-order chi connectivity index (χ1) is 7.38. The van der Waals surface area contributed by atoms with Crippen molar-refractivity contribution in [3.05, 3.63) is 12.3 Å². The van der Waals surface area contributed by atoms with E-state index in [-0.39, 0.29) is 0 Å². The molecule has 1 aliphatic rings. The van der Waals surface area contributed by atoms with Crippen molar-refractivity contribution in [2.45, 2.75) is 38.1 Å². The molecule has 1 aromatic rings. The molecule has 1 aromatic heterocycles. The molecule has 0 radical (unpaired) electrons. The van der Waals surface area contributed by atoms with Gasteiger partial charge >= 0.3 is 0 Å². The molecular formula is C10H17N5. The Morgan fingerprint density at radius 2 is 2.07 bits per heavy atom. The summed E-state index contributed by atoms with van der Waals surface area (Å²) in [6.07, 6.45) is 8.14. The Bertz CT molecular complexity index is 308. The molecule has 15 heavy (non-hydrogen) atoms. The third-order valence-electron chi connectivity index (χ3n) is 2.74. The molecule has 0 atom stereocenters. The van der Waals surface area contributed by atoms with Crippen molar-refractivity contribution in [3.8, 4) is 0 Å². The van der Waals surface area contributed by atoms with Crippen LogP contribution in [0.15, 0.2) is 12.3 Å². The standard InChI is InChI=1S/C10H17N5/c11-15-10-12-7-6-9(14-10)13-8-4-2-1-3-5-8/h6-8H,1-5,11H2,(H2,12,13,14,15). The first-order valence-corrected chi connectivity index (χ1v) is 5.44. The lowest BCUT2D eigenvalue weighted by molar-refractivity contribution is 0.462. The van der Waals surface area contributed by atoms with Crippen LogP contribution >= 0.6 is 0 Å². The van der Waals surface area contributed by atoms with Crippen LogP contribution in [0.5, 0.6) is 0 Å². The number of nitrogen functional groups attached to an aromatic ring is 1. The maximum Gasteiger partial charge on any atom is 0.239 e. The molecule has 2 rings (SSSR count). The molecule has 5 heteroatoms. The van der Waals surface area contributed by atoms with Crippen LogP contribution < -0.4 is 16.6 Å². The number of hydrogen-bond acceptors (Lipinski definition) is 5. The molecule has 0 spiro atoms. The molecule has 1 fully saturated rings. The van der Waals surface area contributed by atoms with E-state index >= 15 is 0 Å². The zero-order valence-electron chi connectivity index (χ0n) is 8.74. The van der Waals surface area contributed by atoms with E-state index in [2.05, 4.69) is 20.7 Å². The van der Waals surface area contributed by atoms with E-state index in [4.69, 9.17) is 5.84 Å². The quantitative estimate of drug-likeness (QED) is 0.517. The maximum absolute atomic E-state index is 5.25. The zero-order chi connectivity index (χ0) is 10.5. The van der Waals surface area contributed by atoms with Crippen LogP contribution in [-0.2, 0) is 0 Å². The van der Waals surface area contributed by atoms with Crippen LogP contribution in [-0.4, -0.2) is 16.0 Å². The second-order valence-corrected chi connectivity index (χ2v) is 3.89. The summed E-state index contributed by atoms with van der Waals surface area (Å²) in [6, 6.07) is 2.43. The molecule has 1 aliphatic carbocycles. The Balaban J connectivity index is 1.96. The molecule has 0 unspecified atom stereocenters. The number of nitrogens with zero attached hydrogens (tertiary/aromatic N) is 2. The zero-order valence-corrected chi connectivity index (χ0v) is 8.74. The van der Waals surface area contributed by atoms with Gasteiger partial charge in [-0.25, -0.2) is 10.8 Å². The summed E-state index contributed by atoms with van der Waals surface area (Å²) < 4.78 is 0. The van der Waals surface area contributed by atoms with Gasteiger partial charge in [-0.2, -0.15) is 4.98 Å². The third-order valence-corrected chi connectivity index (χ3v) is 2.74. The number of hydrogen-bond donors (Lipinski definition) is 3. The summed E-state index contributed by atoms with van der Waals surface area (Å²) in [5.74, 6) is 6.56. The topological polar surface area (TPSA) is 75.9 Å². The van der Waals surface area contributed by atoms with Crippen LogP contribution in [0, 0.1) is 0 Å². The minimum Gasteiger partial charge on any atom is -0.367 e. The predicted molar refractivity (Wildman–Crippen MR) is 60.3 cm³/mol. The van der Waals surface area contributed by atoms with Gasteiger partial charge in [0.2, 0.25) is 5.95 Å². The lowest BCUT2D eigenvalue weighted by Gasteiger charge is -2.23. The first-order valence-electron chi connectivity index (χ1n) is 5.44. The van der Waals surface area contributed by atoms with Crippen LogP contribution in [0.1, 0.15) is 32.1 Å². The third kappa shape index (κ3) is 2.79. The largest absolute Gasteiger partial charge is 0.367 e. The second kappa shape index (κ2) is 4.93. The van der Waals surface area contributed by atoms with Gasteiger partial charge in [0.1, 0.15) is 5.82 Å². The van der Waals surface area contributed by atoms with E-state index in [9.17, 15) is 0 Å². The summed E-state index contributed by atoms with van der Waals surface area (Å²) >= 11 is 0. The van der Waals surface area contributed by atoms with E-state index in [1.54, 1.807) is 6.20 Å². The van der Waals surface area contributed by atoms with Gasteiger partial charge in [-0.1, -0.05) is 19.3 Å². The van der Waals surface area contributed by atoms with Crippen LogP contribution in [0.25, 0.3) is 0 Å². The van der Waals surface area contributed by atoms with Crippen molar-refractivity contribution >= 4 is 11.8 Å². The smallest absolute Gasteiger partial charge is 0.239 e. The molecule has 0 aromatic carbocycles. The Morgan fingerprint density at radius 1 is 1.27 bits per heavy atom. The summed E-state index contributed by atoms with van der Waals surface area (Å²) in [4.78, 5) is 8.19. The number of hydrazine groups is 1. The number of nitrogens with two attached hydrogens (primary N) is 1. The van der Waals surface area contributed by atoms with Crippen molar-refractivity contribution in [2.75, 3.05) is 10.7 Å². The van der Waals surface area contributed by atoms with E-state index in [0.29, 0.717) is 12.0 Å². The Morgan fingerprint density at radius 3 is 2.80 bits per heavy atom. The molecule has 4 N–H and O–H groups in total. The van der Waals surface area contributed by atoms with Crippen LogP contribution in [0.2, 0.25) is 0 Å². The number of nitrogens with one attached hydrogen (secondary N) is 2. The van der Waals surface area contributed by atoms with Crippen molar-refractivity contribution < 1.29 is 0 Å². The summed E-state index contributed by atoms with van der Waals surface area (Å²) in [5.41, 5.74) is 2.44. The number of aromatic nitrogens is 2. The van der Waals surface area contributed by atoms with E-state index in [0.717, 1.165) is 5.82 Å². The average molecular weight is 207 g/mol. The van der Waals surface area contributed by atoms with Crippen molar-refractivity contribution in [2.24, 2.45) is 5.84 Å². The van der Waals surface area contributed by atoms with Gasteiger partial charge in [0.05, 0.1) is 0 Å². The SMILES string of the molecule is NNc1nccc(NC2CCCCC2)n1. The van der Waals surface area contributed by atoms with Gasteiger partial charge in [0.25, 0.3) is 0 Å². The van der Waals surface area contributed by atoms with Crippen molar-refractivity contribution in [1.29, 1.82) is 0 Å². The highest BCUT2D eigenvalue weighted by Crippen LogP contribution is 2.20. The van der Waals surface area contributed by atoms with Gasteiger partial charge in [-0.15, -0.1) is 0 Å². The highest BCUT2D eigenvalue weighted by atomic mass is 15.3. The van der Waals surface area contributed by atoms with Gasteiger partial charge in [0.15, 0.2) is 0 Å². The lowest BCUT2D eigenvalue weighted by Crippen LogP contribution is -2.23. The normalized spacial score (nSPS) is 17.4. The van der Waals surface area contributed by atoms with Crippen LogP contribution in [0.3, 0.4) is 0 Å². The maximum atomic E-state index is 5.25. The van der Waals surface area contributed by atoms with E-state index in [1.807, 2.05) is 6.07 Å². The highest BCUT2D eigenvalue weighted by Gasteiger charge is 2.13. The van der Waals surface area contributed by atoms with Gasteiger partial charge in [0, 0.05) is 12.2 Å². The monoisotopic (exact) mass is 207 g/mol. The Kier molecular flexibility index (Phi) is 3.34. The van der Waals surface area contributed by atoms with Gasteiger partial charge in [-0.05, 0) is 18.9 Å². The molecule has 82 valence electrons. The summed E-state index contributed by atoms with van der Waals surface area (Å²) in [5, 5.41) is 3.41. The van der Waals surface area contributed by atoms with Gasteiger partial charge in [-0.3, -0.25) is 5.43 Å². The molecular weight excluding hydrogens is 190 g/mol. The van der Waals surface area contributed by atoms with Crippen molar-refractivity contribution in [1.82, 2.24) is 9.97 Å². The second-order valence-electron chi connectivity index (χ2n) is 3.89. The fourth-order valence-electron chi connectivity index (χ4n) is 1.96. The van der Waals surface area contributed by atoms with Crippen molar-refractivity contribution in [3.63, 3.8) is 0 Å². The summed E-state index contributed by atoms with van der Waals surface area (Å²) in [7, 11) is 0. The first kappa shape index (κ1) is 10.2. The highest BCUT2D eigenvalue weighted by molar-refractivity contribution is 5.39. The molecule has 5 nitrogen and oxygen atoms in total. The fraction of sp³-hybridized carbons (Fsp3) is 0.600. The minimum atomic E-state index is 0.454. The minimum absolute atomic E-state index is 0.454.